The molecule has 0 unspecified atom stereocenters. The lowest BCUT2D eigenvalue weighted by atomic mass is 9.90. The molecule has 0 N–H and O–H groups in total. The quantitative estimate of drug-likeness (QED) is 0.801. The number of halogens is 1. The number of fused-ring (bicyclic) bond motifs is 1. The van der Waals surface area contributed by atoms with Crippen molar-refractivity contribution < 1.29 is 0 Å². The van der Waals surface area contributed by atoms with E-state index < -0.39 is 0 Å². The van der Waals surface area contributed by atoms with Gasteiger partial charge in [0.25, 0.3) is 0 Å². The molecule has 0 saturated carbocycles. The maximum absolute atomic E-state index is 9.41. The third-order valence-corrected chi connectivity index (χ3v) is 4.53. The van der Waals surface area contributed by atoms with Gasteiger partial charge in [0.05, 0.1) is 16.8 Å². The average molecular weight is 330 g/mol. The molecule has 1 aliphatic heterocycles. The zero-order chi connectivity index (χ0) is 14.1. The van der Waals surface area contributed by atoms with E-state index in [4.69, 9.17) is 4.98 Å². The van der Waals surface area contributed by atoms with Crippen LogP contribution in [0.1, 0.15) is 30.0 Å². The minimum absolute atomic E-state index is 0.407. The molecule has 1 saturated heterocycles. The number of nitriles is 1. The van der Waals surface area contributed by atoms with Gasteiger partial charge in [0.2, 0.25) is 0 Å². The maximum atomic E-state index is 9.41. The first kappa shape index (κ1) is 13.5. The highest BCUT2D eigenvalue weighted by atomic mass is 79.9. The molecule has 0 amide bonds. The second kappa shape index (κ2) is 5.51. The Kier molecular flexibility index (Phi) is 3.73. The van der Waals surface area contributed by atoms with Gasteiger partial charge in [-0.25, -0.2) is 0 Å². The first-order chi connectivity index (χ1) is 9.67. The molecule has 4 heteroatoms. The van der Waals surface area contributed by atoms with Crippen LogP contribution in [0.2, 0.25) is 0 Å². The third-order valence-electron chi connectivity index (χ3n) is 4.03. The summed E-state index contributed by atoms with van der Waals surface area (Å²) in [6.45, 7) is 2.15. The van der Waals surface area contributed by atoms with Gasteiger partial charge < -0.3 is 4.90 Å². The predicted octanol–water partition coefficient (Wildman–Crippen LogP) is 3.68. The minimum atomic E-state index is 0.407. The topological polar surface area (TPSA) is 39.9 Å². The van der Waals surface area contributed by atoms with E-state index in [1.54, 1.807) is 0 Å². The fourth-order valence-electron chi connectivity index (χ4n) is 2.84. The smallest absolute Gasteiger partial charge is 0.101 e. The second-order valence-electron chi connectivity index (χ2n) is 5.45. The van der Waals surface area contributed by atoms with Gasteiger partial charge in [0.15, 0.2) is 0 Å². The number of pyridine rings is 1. The van der Waals surface area contributed by atoms with E-state index in [1.807, 2.05) is 24.3 Å². The summed E-state index contributed by atoms with van der Waals surface area (Å²) in [4.78, 5) is 7.12. The number of nitrogens with zero attached hydrogens (tertiary/aromatic N) is 3. The van der Waals surface area contributed by atoms with Crippen molar-refractivity contribution in [2.45, 2.75) is 18.8 Å². The largest absolute Gasteiger partial charge is 0.306 e. The molecule has 2 aromatic rings. The van der Waals surface area contributed by atoms with Crippen molar-refractivity contribution >= 4 is 26.8 Å². The van der Waals surface area contributed by atoms with E-state index in [0.717, 1.165) is 52.6 Å². The van der Waals surface area contributed by atoms with Crippen molar-refractivity contribution in [3.63, 3.8) is 0 Å². The van der Waals surface area contributed by atoms with Crippen molar-refractivity contribution in [3.8, 4) is 6.07 Å². The molecule has 20 heavy (non-hydrogen) atoms. The van der Waals surface area contributed by atoms with Crippen LogP contribution < -0.4 is 0 Å². The average Bonchev–Trinajstić information content (AvgIpc) is 2.46. The Morgan fingerprint density at radius 1 is 1.30 bits per heavy atom. The number of rotatable bonds is 1. The Morgan fingerprint density at radius 2 is 2.05 bits per heavy atom. The maximum Gasteiger partial charge on any atom is 0.101 e. The normalized spacial score (nSPS) is 17.2. The molecule has 0 bridgehead atoms. The number of benzene rings is 1. The molecule has 1 aromatic carbocycles. The summed E-state index contributed by atoms with van der Waals surface area (Å²) in [7, 11) is 2.15. The van der Waals surface area contributed by atoms with Crippen LogP contribution in [-0.4, -0.2) is 30.0 Å². The first-order valence-corrected chi connectivity index (χ1v) is 7.65. The van der Waals surface area contributed by atoms with Gasteiger partial charge in [-0.1, -0.05) is 22.0 Å². The van der Waals surface area contributed by atoms with Crippen LogP contribution >= 0.6 is 15.9 Å². The van der Waals surface area contributed by atoms with Crippen LogP contribution in [0, 0.1) is 11.3 Å². The highest BCUT2D eigenvalue weighted by Crippen LogP contribution is 2.31. The minimum Gasteiger partial charge on any atom is -0.306 e. The Balaban J connectivity index is 2.06. The molecule has 3 rings (SSSR count). The van der Waals surface area contributed by atoms with Gasteiger partial charge >= 0.3 is 0 Å². The van der Waals surface area contributed by atoms with Crippen molar-refractivity contribution in [2.75, 3.05) is 20.1 Å². The zero-order valence-corrected chi connectivity index (χ0v) is 13.0. The molecule has 3 nitrogen and oxygen atoms in total. The number of aromatic nitrogens is 1. The Bertz CT molecular complexity index is 682. The summed E-state index contributed by atoms with van der Waals surface area (Å²) < 4.78 is 1.02. The van der Waals surface area contributed by atoms with E-state index in [-0.39, 0.29) is 0 Å². The van der Waals surface area contributed by atoms with Crippen LogP contribution in [0.15, 0.2) is 28.7 Å². The first-order valence-electron chi connectivity index (χ1n) is 6.86. The van der Waals surface area contributed by atoms with Crippen molar-refractivity contribution in [1.82, 2.24) is 9.88 Å². The van der Waals surface area contributed by atoms with Gasteiger partial charge in [0.1, 0.15) is 6.07 Å². The van der Waals surface area contributed by atoms with E-state index >= 15 is 0 Å². The SMILES string of the molecule is CN1CCC(c2nc3cc(Br)ccc3cc2C#N)CC1. The molecule has 2 heterocycles. The van der Waals surface area contributed by atoms with Gasteiger partial charge in [-0.05, 0) is 51.2 Å². The van der Waals surface area contributed by atoms with E-state index in [1.165, 1.54) is 0 Å². The van der Waals surface area contributed by atoms with Crippen molar-refractivity contribution in [2.24, 2.45) is 0 Å². The molecular weight excluding hydrogens is 314 g/mol. The van der Waals surface area contributed by atoms with Gasteiger partial charge in [0, 0.05) is 15.8 Å². The van der Waals surface area contributed by atoms with Crippen LogP contribution in [0.25, 0.3) is 10.9 Å². The Labute approximate surface area is 127 Å². The summed E-state index contributed by atoms with van der Waals surface area (Å²) >= 11 is 3.48. The summed E-state index contributed by atoms with van der Waals surface area (Å²) in [6.07, 6.45) is 2.16. The summed E-state index contributed by atoms with van der Waals surface area (Å²) in [5.41, 5.74) is 2.67. The Hall–Kier alpha value is -1.44. The highest BCUT2D eigenvalue weighted by Gasteiger charge is 2.22. The summed E-state index contributed by atoms with van der Waals surface area (Å²) in [5, 5.41) is 10.4. The fraction of sp³-hybridized carbons (Fsp3) is 0.375. The third kappa shape index (κ3) is 2.56. The van der Waals surface area contributed by atoms with Crippen molar-refractivity contribution in [1.29, 1.82) is 5.26 Å². The van der Waals surface area contributed by atoms with Crippen LogP contribution in [-0.2, 0) is 0 Å². The lowest BCUT2D eigenvalue weighted by Crippen LogP contribution is -2.29. The highest BCUT2D eigenvalue weighted by molar-refractivity contribution is 9.10. The molecule has 1 aliphatic rings. The van der Waals surface area contributed by atoms with Crippen LogP contribution in [0.4, 0.5) is 0 Å². The molecular formula is C16H16BrN3. The standard InChI is InChI=1S/C16H16BrN3/c1-20-6-4-11(5-7-20)16-13(10-18)8-12-2-3-14(17)9-15(12)19-16/h2-3,8-9,11H,4-7H2,1H3. The lowest BCUT2D eigenvalue weighted by molar-refractivity contribution is 0.253. The second-order valence-corrected chi connectivity index (χ2v) is 6.36. The number of piperidine rings is 1. The molecule has 1 aromatic heterocycles. The number of likely N-dealkylation sites (tertiary alicyclic amines) is 1. The zero-order valence-electron chi connectivity index (χ0n) is 11.4. The van der Waals surface area contributed by atoms with E-state index in [0.29, 0.717) is 5.92 Å². The lowest BCUT2D eigenvalue weighted by Gasteiger charge is -2.29. The number of hydrogen-bond donors (Lipinski definition) is 0. The molecule has 0 atom stereocenters. The fourth-order valence-corrected chi connectivity index (χ4v) is 3.19. The van der Waals surface area contributed by atoms with Crippen LogP contribution in [0.5, 0.6) is 0 Å². The summed E-state index contributed by atoms with van der Waals surface area (Å²) in [6, 6.07) is 10.3. The summed E-state index contributed by atoms with van der Waals surface area (Å²) in [5.74, 6) is 0.407. The molecule has 1 fully saturated rings. The molecule has 0 spiro atoms. The van der Waals surface area contributed by atoms with Crippen LogP contribution in [0.3, 0.4) is 0 Å². The van der Waals surface area contributed by atoms with Crippen molar-refractivity contribution in [3.05, 3.63) is 40.0 Å². The van der Waals surface area contributed by atoms with E-state index in [9.17, 15) is 5.26 Å². The Morgan fingerprint density at radius 3 is 2.75 bits per heavy atom. The van der Waals surface area contributed by atoms with Gasteiger partial charge in [-0.2, -0.15) is 5.26 Å². The predicted molar refractivity (Wildman–Crippen MR) is 83.6 cm³/mol. The number of hydrogen-bond acceptors (Lipinski definition) is 3. The molecule has 102 valence electrons. The molecule has 0 radical (unpaired) electrons. The van der Waals surface area contributed by atoms with Gasteiger partial charge in [-0.3, -0.25) is 4.98 Å². The van der Waals surface area contributed by atoms with E-state index in [2.05, 4.69) is 33.9 Å². The monoisotopic (exact) mass is 329 g/mol. The molecule has 0 aliphatic carbocycles. The van der Waals surface area contributed by atoms with Gasteiger partial charge in [-0.15, -0.1) is 0 Å².